The lowest BCUT2D eigenvalue weighted by molar-refractivity contribution is 0.0695. The van der Waals surface area contributed by atoms with Gasteiger partial charge in [0.1, 0.15) is 11.3 Å². The molecule has 1 aliphatic heterocycles. The van der Waals surface area contributed by atoms with Crippen LogP contribution < -0.4 is 15.6 Å². The number of aryl methyl sites for hydroxylation is 1. The van der Waals surface area contributed by atoms with Gasteiger partial charge in [0.15, 0.2) is 11.6 Å². The second-order valence-corrected chi connectivity index (χ2v) is 6.91. The first-order chi connectivity index (χ1) is 12.4. The third-order valence-electron chi connectivity index (χ3n) is 5.20. The van der Waals surface area contributed by atoms with E-state index in [9.17, 15) is 19.8 Å². The number of rotatable bonds is 3. The van der Waals surface area contributed by atoms with Gasteiger partial charge in [-0.2, -0.15) is 0 Å². The van der Waals surface area contributed by atoms with Crippen molar-refractivity contribution in [3.8, 4) is 5.75 Å². The van der Waals surface area contributed by atoms with Crippen molar-refractivity contribution < 1.29 is 19.4 Å². The average molecular weight is 361 g/mol. The first-order valence-electron chi connectivity index (χ1n) is 8.70. The molecule has 1 saturated carbocycles. The van der Waals surface area contributed by atoms with Crippen LogP contribution in [0.5, 0.6) is 5.75 Å². The van der Waals surface area contributed by atoms with E-state index in [2.05, 4.69) is 5.32 Å². The molecule has 2 fully saturated rings. The van der Waals surface area contributed by atoms with E-state index in [0.29, 0.717) is 26.2 Å². The van der Waals surface area contributed by atoms with Crippen LogP contribution in [0.15, 0.2) is 11.0 Å². The fourth-order valence-corrected chi connectivity index (χ4v) is 3.70. The molecular formula is C18H20FN3O4. The minimum Gasteiger partial charge on any atom is -0.504 e. The molecule has 138 valence electrons. The average Bonchev–Trinajstić information content (AvgIpc) is 3.45. The third-order valence-corrected chi connectivity index (χ3v) is 5.20. The fraction of sp³-hybridized carbons (Fsp3) is 0.444. The summed E-state index contributed by atoms with van der Waals surface area (Å²) < 4.78 is 16.8. The molecule has 2 heterocycles. The van der Waals surface area contributed by atoms with Crippen molar-refractivity contribution in [3.05, 3.63) is 33.4 Å². The number of nitrogens with zero attached hydrogens (tertiary/aromatic N) is 2. The zero-order valence-corrected chi connectivity index (χ0v) is 14.4. The molecule has 0 amide bonds. The predicted octanol–water partition coefficient (Wildman–Crippen LogP) is 1.60. The van der Waals surface area contributed by atoms with Crippen molar-refractivity contribution in [3.63, 3.8) is 0 Å². The Balaban J connectivity index is 2.09. The highest BCUT2D eigenvalue weighted by Gasteiger charge is 2.32. The van der Waals surface area contributed by atoms with Gasteiger partial charge in [-0.25, -0.2) is 9.18 Å². The van der Waals surface area contributed by atoms with E-state index < -0.39 is 22.8 Å². The Hall–Kier alpha value is -2.61. The zero-order chi connectivity index (χ0) is 18.6. The molecule has 2 aliphatic rings. The maximum Gasteiger partial charge on any atom is 0.341 e. The van der Waals surface area contributed by atoms with Gasteiger partial charge >= 0.3 is 5.97 Å². The number of phenols is 1. The number of carboxylic acids is 1. The number of piperazine rings is 1. The lowest BCUT2D eigenvalue weighted by Crippen LogP contribution is -2.44. The highest BCUT2D eigenvalue weighted by atomic mass is 19.1. The van der Waals surface area contributed by atoms with Gasteiger partial charge in [-0.3, -0.25) is 4.79 Å². The van der Waals surface area contributed by atoms with Crippen LogP contribution in [0.4, 0.5) is 10.1 Å². The Kier molecular flexibility index (Phi) is 3.87. The van der Waals surface area contributed by atoms with Gasteiger partial charge < -0.3 is 25.0 Å². The molecule has 0 bridgehead atoms. The Morgan fingerprint density at radius 1 is 1.31 bits per heavy atom. The summed E-state index contributed by atoms with van der Waals surface area (Å²) >= 11 is 0. The molecule has 0 unspecified atom stereocenters. The second kappa shape index (κ2) is 5.98. The molecule has 3 N–H and O–H groups in total. The van der Waals surface area contributed by atoms with E-state index >= 15 is 4.39 Å². The summed E-state index contributed by atoms with van der Waals surface area (Å²) in [5, 5.41) is 23.4. The lowest BCUT2D eigenvalue weighted by Gasteiger charge is -2.31. The standard InChI is InChI=1S/C18H20FN3O4/c1-9-12-14(17(24)15(13(9)19)21-6-4-20-5-7-21)22(10-2-3-10)8-11(16(12)23)18(25)26/h8,10,20,24H,2-7H2,1H3,(H,25,26). The van der Waals surface area contributed by atoms with E-state index in [1.165, 1.54) is 13.1 Å². The number of nitrogens with one attached hydrogen (secondary N) is 1. The number of aromatic carboxylic acids is 1. The Morgan fingerprint density at radius 3 is 2.54 bits per heavy atom. The van der Waals surface area contributed by atoms with Gasteiger partial charge in [0, 0.05) is 44.0 Å². The number of anilines is 1. The zero-order valence-electron chi connectivity index (χ0n) is 14.4. The number of hydrogen-bond donors (Lipinski definition) is 3. The van der Waals surface area contributed by atoms with Crippen molar-refractivity contribution in [2.24, 2.45) is 0 Å². The number of phenolic OH excluding ortho intramolecular Hbond substituents is 1. The Bertz CT molecular complexity index is 975. The number of carbonyl (C=O) groups is 1. The number of aromatic nitrogens is 1. The summed E-state index contributed by atoms with van der Waals surface area (Å²) in [5.74, 6) is -2.30. The quantitative estimate of drug-likeness (QED) is 0.769. The number of benzene rings is 1. The molecule has 0 radical (unpaired) electrons. The lowest BCUT2D eigenvalue weighted by atomic mass is 10.0. The van der Waals surface area contributed by atoms with Gasteiger partial charge in [-0.15, -0.1) is 0 Å². The van der Waals surface area contributed by atoms with Crippen molar-refractivity contribution in [2.45, 2.75) is 25.8 Å². The molecular weight excluding hydrogens is 341 g/mol. The molecule has 26 heavy (non-hydrogen) atoms. The summed E-state index contributed by atoms with van der Waals surface area (Å²) in [6, 6.07) is 0.0165. The Labute approximate surface area is 148 Å². The minimum atomic E-state index is -1.35. The van der Waals surface area contributed by atoms with E-state index in [1.807, 2.05) is 0 Å². The first kappa shape index (κ1) is 16.8. The molecule has 4 rings (SSSR count). The summed E-state index contributed by atoms with van der Waals surface area (Å²) in [6.07, 6.45) is 2.94. The van der Waals surface area contributed by atoms with Crippen molar-refractivity contribution in [2.75, 3.05) is 31.1 Å². The van der Waals surface area contributed by atoms with Gasteiger partial charge in [-0.1, -0.05) is 0 Å². The van der Waals surface area contributed by atoms with Crippen LogP contribution in [0.3, 0.4) is 0 Å². The largest absolute Gasteiger partial charge is 0.504 e. The number of fused-ring (bicyclic) bond motifs is 1. The summed E-state index contributed by atoms with van der Waals surface area (Å²) in [7, 11) is 0. The molecule has 8 heteroatoms. The van der Waals surface area contributed by atoms with Crippen molar-refractivity contribution in [1.82, 2.24) is 9.88 Å². The van der Waals surface area contributed by atoms with Crippen LogP contribution in [-0.4, -0.2) is 46.9 Å². The summed E-state index contributed by atoms with van der Waals surface area (Å²) in [4.78, 5) is 25.9. The van der Waals surface area contributed by atoms with E-state index in [-0.39, 0.29) is 33.9 Å². The van der Waals surface area contributed by atoms with Crippen LogP contribution in [0.1, 0.15) is 34.8 Å². The number of aromatic hydroxyl groups is 1. The number of hydrogen-bond acceptors (Lipinski definition) is 5. The highest BCUT2D eigenvalue weighted by Crippen LogP contribution is 2.44. The molecule has 1 aromatic carbocycles. The van der Waals surface area contributed by atoms with Crippen LogP contribution in [0, 0.1) is 12.7 Å². The van der Waals surface area contributed by atoms with E-state index in [1.54, 1.807) is 9.47 Å². The number of halogens is 1. The smallest absolute Gasteiger partial charge is 0.341 e. The normalized spacial score (nSPS) is 17.7. The molecule has 0 spiro atoms. The molecule has 1 saturated heterocycles. The summed E-state index contributed by atoms with van der Waals surface area (Å²) in [6.45, 7) is 3.88. The van der Waals surface area contributed by atoms with Gasteiger partial charge in [0.05, 0.1) is 10.9 Å². The molecule has 0 atom stereocenters. The van der Waals surface area contributed by atoms with Gasteiger partial charge in [0.25, 0.3) is 0 Å². The topological polar surface area (TPSA) is 94.8 Å². The van der Waals surface area contributed by atoms with Gasteiger partial charge in [0.2, 0.25) is 5.43 Å². The maximum absolute atomic E-state index is 15.1. The van der Waals surface area contributed by atoms with E-state index in [4.69, 9.17) is 0 Å². The monoisotopic (exact) mass is 361 g/mol. The van der Waals surface area contributed by atoms with Crippen LogP contribution in [-0.2, 0) is 0 Å². The predicted molar refractivity (Wildman–Crippen MR) is 94.9 cm³/mol. The van der Waals surface area contributed by atoms with Crippen LogP contribution >= 0.6 is 0 Å². The molecule has 1 aromatic heterocycles. The van der Waals surface area contributed by atoms with Crippen molar-refractivity contribution >= 4 is 22.6 Å². The van der Waals surface area contributed by atoms with Gasteiger partial charge in [-0.05, 0) is 19.8 Å². The van der Waals surface area contributed by atoms with Crippen molar-refractivity contribution in [1.29, 1.82) is 0 Å². The van der Waals surface area contributed by atoms with Crippen LogP contribution in [0.25, 0.3) is 10.9 Å². The minimum absolute atomic E-state index is 0.0165. The second-order valence-electron chi connectivity index (χ2n) is 6.91. The molecule has 1 aliphatic carbocycles. The molecule has 7 nitrogen and oxygen atoms in total. The SMILES string of the molecule is Cc1c(F)c(N2CCNCC2)c(O)c2c1c(=O)c(C(=O)O)cn2C1CC1. The first-order valence-corrected chi connectivity index (χ1v) is 8.70. The highest BCUT2D eigenvalue weighted by molar-refractivity contribution is 5.98. The van der Waals surface area contributed by atoms with Crippen LogP contribution in [0.2, 0.25) is 0 Å². The third kappa shape index (κ3) is 2.44. The number of pyridine rings is 1. The maximum atomic E-state index is 15.1. The summed E-state index contributed by atoms with van der Waals surface area (Å²) in [5.41, 5.74) is -0.763. The fourth-order valence-electron chi connectivity index (χ4n) is 3.70. The van der Waals surface area contributed by atoms with E-state index in [0.717, 1.165) is 12.8 Å². The Morgan fingerprint density at radius 2 is 1.96 bits per heavy atom. The number of carboxylic acid groups (broad SMARTS) is 1. The molecule has 2 aromatic rings.